The van der Waals surface area contributed by atoms with Crippen molar-refractivity contribution in [2.45, 2.75) is 38.7 Å². The van der Waals surface area contributed by atoms with Crippen molar-refractivity contribution >= 4 is 5.91 Å². The number of benzene rings is 1. The molecule has 3 heteroatoms. The van der Waals surface area contributed by atoms with Crippen LogP contribution in [0.25, 0.3) is 0 Å². The van der Waals surface area contributed by atoms with Gasteiger partial charge in [-0.2, -0.15) is 0 Å². The quantitative estimate of drug-likeness (QED) is 0.861. The number of carbonyl (C=O) groups is 1. The molecule has 1 aromatic carbocycles. The first-order valence-electron chi connectivity index (χ1n) is 6.68. The van der Waals surface area contributed by atoms with Crippen molar-refractivity contribution in [2.75, 3.05) is 6.54 Å². The number of amides is 1. The maximum absolute atomic E-state index is 11.9. The molecule has 3 nitrogen and oxygen atoms in total. The van der Waals surface area contributed by atoms with E-state index in [0.717, 1.165) is 43.4 Å². The Morgan fingerprint density at radius 3 is 2.72 bits per heavy atom. The summed E-state index contributed by atoms with van der Waals surface area (Å²) in [6.45, 7) is 2.71. The van der Waals surface area contributed by atoms with Crippen LogP contribution in [-0.2, 0) is 0 Å². The third-order valence-corrected chi connectivity index (χ3v) is 3.65. The topological polar surface area (TPSA) is 49.3 Å². The van der Waals surface area contributed by atoms with Crippen LogP contribution in [0.2, 0.25) is 0 Å². The van der Waals surface area contributed by atoms with Gasteiger partial charge in [0.2, 0.25) is 0 Å². The molecule has 1 aliphatic carbocycles. The van der Waals surface area contributed by atoms with Gasteiger partial charge >= 0.3 is 0 Å². The average molecular weight is 247 g/mol. The number of nitrogens with one attached hydrogen (secondary N) is 1. The van der Waals surface area contributed by atoms with E-state index in [4.69, 9.17) is 0 Å². The van der Waals surface area contributed by atoms with Gasteiger partial charge in [0.25, 0.3) is 5.91 Å². The van der Waals surface area contributed by atoms with E-state index in [2.05, 4.69) is 5.32 Å². The van der Waals surface area contributed by atoms with Gasteiger partial charge in [-0.05, 0) is 50.7 Å². The molecule has 1 saturated carbocycles. The summed E-state index contributed by atoms with van der Waals surface area (Å²) >= 11 is 0. The Morgan fingerprint density at radius 1 is 1.33 bits per heavy atom. The fourth-order valence-electron chi connectivity index (χ4n) is 2.47. The van der Waals surface area contributed by atoms with Crippen LogP contribution in [0.15, 0.2) is 24.3 Å². The van der Waals surface area contributed by atoms with Gasteiger partial charge in [0, 0.05) is 12.1 Å². The minimum atomic E-state index is -0.131. The second kappa shape index (κ2) is 6.01. The van der Waals surface area contributed by atoms with Crippen LogP contribution in [0.4, 0.5) is 0 Å². The minimum Gasteiger partial charge on any atom is -0.393 e. The van der Waals surface area contributed by atoms with Gasteiger partial charge in [-0.1, -0.05) is 17.7 Å². The van der Waals surface area contributed by atoms with Crippen molar-refractivity contribution < 1.29 is 9.90 Å². The molecule has 1 aliphatic rings. The summed E-state index contributed by atoms with van der Waals surface area (Å²) in [6, 6.07) is 7.63. The van der Waals surface area contributed by atoms with Crippen molar-refractivity contribution in [3.63, 3.8) is 0 Å². The van der Waals surface area contributed by atoms with E-state index in [1.54, 1.807) is 0 Å². The molecule has 0 atom stereocenters. The summed E-state index contributed by atoms with van der Waals surface area (Å²) in [5.41, 5.74) is 1.83. The fraction of sp³-hybridized carbons (Fsp3) is 0.533. The largest absolute Gasteiger partial charge is 0.393 e. The normalized spacial score (nSPS) is 23.7. The highest BCUT2D eigenvalue weighted by atomic mass is 16.3. The van der Waals surface area contributed by atoms with Gasteiger partial charge in [-0.25, -0.2) is 0 Å². The monoisotopic (exact) mass is 247 g/mol. The molecule has 0 unspecified atom stereocenters. The van der Waals surface area contributed by atoms with Crippen LogP contribution < -0.4 is 5.32 Å². The van der Waals surface area contributed by atoms with Crippen molar-refractivity contribution in [2.24, 2.45) is 5.92 Å². The molecule has 0 saturated heterocycles. The molecule has 1 fully saturated rings. The zero-order valence-corrected chi connectivity index (χ0v) is 10.9. The SMILES string of the molecule is Cc1cccc(C(=O)NCC2CCC(O)CC2)c1. The number of carbonyl (C=O) groups excluding carboxylic acids is 1. The van der Waals surface area contributed by atoms with E-state index in [0.29, 0.717) is 5.92 Å². The minimum absolute atomic E-state index is 0.00446. The van der Waals surface area contributed by atoms with E-state index in [1.807, 2.05) is 31.2 Å². The smallest absolute Gasteiger partial charge is 0.251 e. The highest BCUT2D eigenvalue weighted by Gasteiger charge is 2.19. The zero-order chi connectivity index (χ0) is 13.0. The van der Waals surface area contributed by atoms with Crippen molar-refractivity contribution in [3.8, 4) is 0 Å². The van der Waals surface area contributed by atoms with E-state index >= 15 is 0 Å². The van der Waals surface area contributed by atoms with Crippen LogP contribution in [0.3, 0.4) is 0 Å². The van der Waals surface area contributed by atoms with Crippen LogP contribution in [-0.4, -0.2) is 23.7 Å². The van der Waals surface area contributed by atoms with Crippen LogP contribution in [0.5, 0.6) is 0 Å². The maximum Gasteiger partial charge on any atom is 0.251 e. The van der Waals surface area contributed by atoms with E-state index in [9.17, 15) is 9.90 Å². The molecule has 0 aliphatic heterocycles. The number of aliphatic hydroxyl groups excluding tert-OH is 1. The molecule has 0 radical (unpaired) electrons. The lowest BCUT2D eigenvalue weighted by atomic mass is 9.87. The third-order valence-electron chi connectivity index (χ3n) is 3.65. The first-order chi connectivity index (χ1) is 8.65. The standard InChI is InChI=1S/C15H21NO2/c1-11-3-2-4-13(9-11)15(18)16-10-12-5-7-14(17)8-6-12/h2-4,9,12,14,17H,5-8,10H2,1H3,(H,16,18). The lowest BCUT2D eigenvalue weighted by Gasteiger charge is -2.25. The number of aliphatic hydroxyl groups is 1. The molecule has 1 aromatic rings. The molecule has 0 heterocycles. The lowest BCUT2D eigenvalue weighted by Crippen LogP contribution is -2.32. The molecule has 0 aromatic heterocycles. The van der Waals surface area contributed by atoms with Gasteiger partial charge in [-0.3, -0.25) is 4.79 Å². The molecule has 0 bridgehead atoms. The Hall–Kier alpha value is -1.35. The number of aryl methyl sites for hydroxylation is 1. The maximum atomic E-state index is 11.9. The molecule has 1 amide bonds. The van der Waals surface area contributed by atoms with Crippen molar-refractivity contribution in [3.05, 3.63) is 35.4 Å². The van der Waals surface area contributed by atoms with E-state index in [-0.39, 0.29) is 12.0 Å². The van der Waals surface area contributed by atoms with Gasteiger partial charge < -0.3 is 10.4 Å². The van der Waals surface area contributed by atoms with Crippen molar-refractivity contribution in [1.82, 2.24) is 5.32 Å². The molecule has 2 rings (SSSR count). The van der Waals surface area contributed by atoms with E-state index in [1.165, 1.54) is 0 Å². The molecule has 98 valence electrons. The van der Waals surface area contributed by atoms with Crippen LogP contribution >= 0.6 is 0 Å². The Kier molecular flexibility index (Phi) is 4.37. The molecular weight excluding hydrogens is 226 g/mol. The Bertz CT molecular complexity index is 409. The molecule has 0 spiro atoms. The highest BCUT2D eigenvalue weighted by molar-refractivity contribution is 5.94. The van der Waals surface area contributed by atoms with Gasteiger partial charge in [0.05, 0.1) is 6.10 Å². The summed E-state index contributed by atoms with van der Waals surface area (Å²) in [7, 11) is 0. The van der Waals surface area contributed by atoms with Gasteiger partial charge in [0.15, 0.2) is 0 Å². The molecular formula is C15H21NO2. The van der Waals surface area contributed by atoms with Crippen LogP contribution in [0.1, 0.15) is 41.6 Å². The predicted molar refractivity (Wildman–Crippen MR) is 71.5 cm³/mol. The van der Waals surface area contributed by atoms with Crippen molar-refractivity contribution in [1.29, 1.82) is 0 Å². The third kappa shape index (κ3) is 3.57. The zero-order valence-electron chi connectivity index (χ0n) is 10.9. The first kappa shape index (κ1) is 13.1. The molecule has 18 heavy (non-hydrogen) atoms. The lowest BCUT2D eigenvalue weighted by molar-refractivity contribution is 0.0910. The predicted octanol–water partition coefficient (Wildman–Crippen LogP) is 2.28. The number of hydrogen-bond acceptors (Lipinski definition) is 2. The number of rotatable bonds is 3. The highest BCUT2D eigenvalue weighted by Crippen LogP contribution is 2.23. The average Bonchev–Trinajstić information content (AvgIpc) is 2.38. The van der Waals surface area contributed by atoms with Crippen LogP contribution in [0, 0.1) is 12.8 Å². The van der Waals surface area contributed by atoms with Gasteiger partial charge in [0.1, 0.15) is 0 Å². The second-order valence-corrected chi connectivity index (χ2v) is 5.25. The number of hydrogen-bond donors (Lipinski definition) is 2. The first-order valence-corrected chi connectivity index (χ1v) is 6.68. The van der Waals surface area contributed by atoms with Gasteiger partial charge in [-0.15, -0.1) is 0 Å². The second-order valence-electron chi connectivity index (χ2n) is 5.25. The molecule has 2 N–H and O–H groups in total. The summed E-state index contributed by atoms with van der Waals surface area (Å²) in [4.78, 5) is 11.9. The summed E-state index contributed by atoms with van der Waals surface area (Å²) < 4.78 is 0. The summed E-state index contributed by atoms with van der Waals surface area (Å²) in [5, 5.41) is 12.4. The summed E-state index contributed by atoms with van der Waals surface area (Å²) in [5.74, 6) is 0.520. The fourth-order valence-corrected chi connectivity index (χ4v) is 2.47. The Balaban J connectivity index is 1.81. The Morgan fingerprint density at radius 2 is 2.06 bits per heavy atom. The Labute approximate surface area is 108 Å². The summed E-state index contributed by atoms with van der Waals surface area (Å²) in [6.07, 6.45) is 3.62. The van der Waals surface area contributed by atoms with E-state index < -0.39 is 0 Å².